The molecule has 3 aromatic rings. The third-order valence-corrected chi connectivity index (χ3v) is 5.75. The number of benzene rings is 2. The van der Waals surface area contributed by atoms with Gasteiger partial charge in [-0.3, -0.25) is 14.4 Å². The number of carbonyl (C=O) groups is 2. The molecule has 1 fully saturated rings. The molecule has 35 heavy (non-hydrogen) atoms. The van der Waals surface area contributed by atoms with Crippen LogP contribution in [0.3, 0.4) is 0 Å². The van der Waals surface area contributed by atoms with Crippen LogP contribution in [0.25, 0.3) is 5.69 Å². The summed E-state index contributed by atoms with van der Waals surface area (Å²) in [6, 6.07) is 9.49. The zero-order valence-electron chi connectivity index (χ0n) is 18.7. The fraction of sp³-hybridized carbons (Fsp3) is 0.250. The largest absolute Gasteiger partial charge is 0.368 e. The summed E-state index contributed by atoms with van der Waals surface area (Å²) in [4.78, 5) is 38.1. The molecule has 1 aromatic heterocycles. The van der Waals surface area contributed by atoms with Crippen molar-refractivity contribution in [2.24, 2.45) is 5.73 Å². The Labute approximate surface area is 198 Å². The van der Waals surface area contributed by atoms with Crippen LogP contribution in [-0.2, 0) is 6.54 Å². The second kappa shape index (κ2) is 9.61. The first-order valence-corrected chi connectivity index (χ1v) is 10.8. The second-order valence-electron chi connectivity index (χ2n) is 8.23. The fourth-order valence-electron chi connectivity index (χ4n) is 3.90. The lowest BCUT2D eigenvalue weighted by Gasteiger charge is -2.19. The van der Waals surface area contributed by atoms with E-state index >= 15 is 0 Å². The number of alkyl halides is 1. The van der Waals surface area contributed by atoms with Crippen LogP contribution in [0.5, 0.6) is 0 Å². The van der Waals surface area contributed by atoms with E-state index in [4.69, 9.17) is 5.73 Å². The first-order valence-electron chi connectivity index (χ1n) is 10.8. The molecule has 1 saturated heterocycles. The molecule has 0 saturated carbocycles. The lowest BCUT2D eigenvalue weighted by molar-refractivity contribution is 0.0941. The van der Waals surface area contributed by atoms with Gasteiger partial charge < -0.3 is 16.0 Å². The molecule has 0 unspecified atom stereocenters. The summed E-state index contributed by atoms with van der Waals surface area (Å²) < 4.78 is 43.9. The maximum absolute atomic E-state index is 14.6. The molecule has 2 aromatic carbocycles. The Morgan fingerprint density at radius 1 is 1.14 bits per heavy atom. The quantitative estimate of drug-likeness (QED) is 0.557. The molecule has 3 N–H and O–H groups in total. The van der Waals surface area contributed by atoms with E-state index in [0.29, 0.717) is 17.9 Å². The van der Waals surface area contributed by atoms with Crippen LogP contribution >= 0.6 is 0 Å². The number of carbonyl (C=O) groups excluding carboxylic acids is 2. The Bertz CT molecular complexity index is 1350. The van der Waals surface area contributed by atoms with Gasteiger partial charge in [-0.2, -0.15) is 5.10 Å². The van der Waals surface area contributed by atoms with Gasteiger partial charge in [0.05, 0.1) is 5.69 Å². The Morgan fingerprint density at radius 3 is 2.49 bits per heavy atom. The van der Waals surface area contributed by atoms with E-state index in [-0.39, 0.29) is 24.2 Å². The number of anilines is 1. The molecule has 11 heteroatoms. The lowest BCUT2D eigenvalue weighted by atomic mass is 10.1. The van der Waals surface area contributed by atoms with Crippen molar-refractivity contribution in [3.63, 3.8) is 0 Å². The molecular formula is C24H22F3N5O3. The van der Waals surface area contributed by atoms with E-state index < -0.39 is 52.9 Å². The number of aromatic nitrogens is 2. The van der Waals surface area contributed by atoms with Crippen LogP contribution in [0.15, 0.2) is 47.3 Å². The third-order valence-electron chi connectivity index (χ3n) is 5.75. The molecule has 8 nitrogen and oxygen atoms in total. The topological polar surface area (TPSA) is 110 Å². The number of halogens is 3. The van der Waals surface area contributed by atoms with Gasteiger partial charge in [0.25, 0.3) is 5.91 Å². The zero-order chi connectivity index (χ0) is 25.3. The maximum Gasteiger partial charge on any atom is 0.276 e. The molecule has 182 valence electrons. The van der Waals surface area contributed by atoms with Gasteiger partial charge in [0.1, 0.15) is 17.8 Å². The first-order chi connectivity index (χ1) is 16.6. The van der Waals surface area contributed by atoms with Crippen molar-refractivity contribution < 1.29 is 22.8 Å². The van der Waals surface area contributed by atoms with Gasteiger partial charge in [-0.05, 0) is 43.7 Å². The standard InChI is InChI=1S/C24H22F3N5O3/c1-13-7-21(33)22(30-32(13)16-4-2-3-14(8-16)23(28)34)24(35)29-11-18-19(26)9-17(10-20(18)27)31-6-5-15(25)12-31/h2-4,7-10,15H,5-6,11-12H2,1H3,(H2,28,34)(H,29,35)/t15-/m1/s1. The average Bonchev–Trinajstić information content (AvgIpc) is 3.24. The predicted octanol–water partition coefficient (Wildman–Crippen LogP) is 2.40. The van der Waals surface area contributed by atoms with Crippen molar-refractivity contribution in [3.8, 4) is 5.69 Å². The summed E-state index contributed by atoms with van der Waals surface area (Å²) in [5.74, 6) is -3.40. The van der Waals surface area contributed by atoms with Gasteiger partial charge in [-0.25, -0.2) is 17.9 Å². The number of primary amides is 1. The minimum Gasteiger partial charge on any atom is -0.368 e. The maximum atomic E-state index is 14.6. The molecule has 0 radical (unpaired) electrons. The second-order valence-corrected chi connectivity index (χ2v) is 8.23. The van der Waals surface area contributed by atoms with Gasteiger partial charge in [0, 0.05) is 48.2 Å². The van der Waals surface area contributed by atoms with Crippen molar-refractivity contribution in [2.75, 3.05) is 18.0 Å². The van der Waals surface area contributed by atoms with Crippen LogP contribution in [-0.4, -0.2) is 40.9 Å². The number of hydrogen-bond acceptors (Lipinski definition) is 5. The predicted molar refractivity (Wildman–Crippen MR) is 122 cm³/mol. The molecule has 1 aliphatic rings. The molecule has 4 rings (SSSR count). The van der Waals surface area contributed by atoms with Crippen LogP contribution in [0.4, 0.5) is 18.9 Å². The van der Waals surface area contributed by atoms with E-state index in [1.165, 1.54) is 22.9 Å². The number of aryl methyl sites for hydroxylation is 1. The summed E-state index contributed by atoms with van der Waals surface area (Å²) in [5.41, 5.74) is 4.92. The number of rotatable bonds is 6. The Hall–Kier alpha value is -4.15. The number of nitrogens with one attached hydrogen (secondary N) is 1. The smallest absolute Gasteiger partial charge is 0.276 e. The number of hydrogen-bond donors (Lipinski definition) is 2. The molecular weight excluding hydrogens is 463 g/mol. The zero-order valence-corrected chi connectivity index (χ0v) is 18.7. The van der Waals surface area contributed by atoms with Crippen molar-refractivity contribution in [3.05, 3.63) is 86.8 Å². The van der Waals surface area contributed by atoms with Crippen LogP contribution in [0.1, 0.15) is 38.5 Å². The summed E-state index contributed by atoms with van der Waals surface area (Å²) in [6.07, 6.45) is -0.765. The van der Waals surface area contributed by atoms with Gasteiger partial charge in [-0.1, -0.05) is 6.07 Å². The van der Waals surface area contributed by atoms with E-state index in [1.54, 1.807) is 24.0 Å². The van der Waals surface area contributed by atoms with Gasteiger partial charge in [0.2, 0.25) is 11.3 Å². The highest BCUT2D eigenvalue weighted by atomic mass is 19.1. The summed E-state index contributed by atoms with van der Waals surface area (Å²) in [5, 5.41) is 6.40. The van der Waals surface area contributed by atoms with E-state index in [9.17, 15) is 27.6 Å². The van der Waals surface area contributed by atoms with Crippen LogP contribution in [0, 0.1) is 18.6 Å². The average molecular weight is 485 g/mol. The van der Waals surface area contributed by atoms with Crippen molar-refractivity contribution >= 4 is 17.5 Å². The SMILES string of the molecule is Cc1cc(=O)c(C(=O)NCc2c(F)cc(N3CC[C@@H](F)C3)cc2F)nn1-c1cccc(C(N)=O)c1. The Kier molecular flexibility index (Phi) is 6.59. The molecule has 0 bridgehead atoms. The minimum atomic E-state index is -1.05. The van der Waals surface area contributed by atoms with Gasteiger partial charge in [-0.15, -0.1) is 0 Å². The third kappa shape index (κ3) is 5.03. The van der Waals surface area contributed by atoms with Crippen molar-refractivity contribution in [2.45, 2.75) is 26.1 Å². The van der Waals surface area contributed by atoms with Crippen LogP contribution in [0.2, 0.25) is 0 Å². The normalized spacial score (nSPS) is 15.3. The highest BCUT2D eigenvalue weighted by Gasteiger charge is 2.24. The van der Waals surface area contributed by atoms with E-state index in [2.05, 4.69) is 10.4 Å². The number of nitrogens with two attached hydrogens (primary N) is 1. The Morgan fingerprint density at radius 2 is 1.86 bits per heavy atom. The van der Waals surface area contributed by atoms with E-state index in [1.807, 2.05) is 0 Å². The molecule has 1 atom stereocenters. The molecule has 1 aliphatic heterocycles. The first kappa shape index (κ1) is 24.0. The van der Waals surface area contributed by atoms with Gasteiger partial charge >= 0.3 is 0 Å². The minimum absolute atomic E-state index is 0.0582. The number of nitrogens with zero attached hydrogens (tertiary/aromatic N) is 3. The van der Waals surface area contributed by atoms with Gasteiger partial charge in [0.15, 0.2) is 5.69 Å². The molecule has 2 heterocycles. The summed E-state index contributed by atoms with van der Waals surface area (Å²) >= 11 is 0. The summed E-state index contributed by atoms with van der Waals surface area (Å²) in [6.45, 7) is 1.46. The lowest BCUT2D eigenvalue weighted by Crippen LogP contribution is -2.32. The molecule has 2 amide bonds. The van der Waals surface area contributed by atoms with Crippen LogP contribution < -0.4 is 21.4 Å². The highest BCUT2D eigenvalue weighted by Crippen LogP contribution is 2.26. The van der Waals surface area contributed by atoms with E-state index in [0.717, 1.165) is 12.1 Å². The monoisotopic (exact) mass is 485 g/mol. The summed E-state index contributed by atoms with van der Waals surface area (Å²) in [7, 11) is 0. The highest BCUT2D eigenvalue weighted by molar-refractivity contribution is 5.93. The molecule has 0 aliphatic carbocycles. The number of amides is 2. The van der Waals surface area contributed by atoms with Crippen molar-refractivity contribution in [1.29, 1.82) is 0 Å². The van der Waals surface area contributed by atoms with Crippen molar-refractivity contribution in [1.82, 2.24) is 15.1 Å². The fourth-order valence-corrected chi connectivity index (χ4v) is 3.90. The Balaban J connectivity index is 1.56. The molecule has 0 spiro atoms.